The standard InChI is InChI=1S/C14H18FN3O/c1-10(17)3-6-14(19)18(2)9-12-7-11(8-16)4-5-13(12)15/h4-5,7,10H,3,6,9,17H2,1-2H3. The van der Waals surface area contributed by atoms with Gasteiger partial charge in [0.05, 0.1) is 11.6 Å². The third kappa shape index (κ3) is 4.68. The van der Waals surface area contributed by atoms with Crippen molar-refractivity contribution in [1.29, 1.82) is 5.26 Å². The number of amides is 1. The summed E-state index contributed by atoms with van der Waals surface area (Å²) < 4.78 is 13.6. The van der Waals surface area contributed by atoms with Crippen molar-refractivity contribution in [2.24, 2.45) is 5.73 Å². The van der Waals surface area contributed by atoms with Gasteiger partial charge in [0, 0.05) is 31.6 Å². The topological polar surface area (TPSA) is 70.1 Å². The van der Waals surface area contributed by atoms with Gasteiger partial charge in [0.2, 0.25) is 5.91 Å². The monoisotopic (exact) mass is 263 g/mol. The maximum absolute atomic E-state index is 13.6. The number of halogens is 1. The number of hydrogen-bond acceptors (Lipinski definition) is 3. The Bertz CT molecular complexity index is 494. The van der Waals surface area contributed by atoms with E-state index in [1.807, 2.05) is 13.0 Å². The molecule has 0 aromatic heterocycles. The number of hydrogen-bond donors (Lipinski definition) is 1. The lowest BCUT2D eigenvalue weighted by molar-refractivity contribution is -0.130. The minimum absolute atomic E-state index is 0.0315. The molecule has 0 aliphatic rings. The summed E-state index contributed by atoms with van der Waals surface area (Å²) in [5, 5.41) is 8.77. The number of carbonyl (C=O) groups is 1. The van der Waals surface area contributed by atoms with Crippen LogP contribution in [0.5, 0.6) is 0 Å². The van der Waals surface area contributed by atoms with E-state index in [0.29, 0.717) is 24.0 Å². The van der Waals surface area contributed by atoms with Gasteiger partial charge >= 0.3 is 0 Å². The van der Waals surface area contributed by atoms with Crippen LogP contribution in [-0.2, 0) is 11.3 Å². The normalized spacial score (nSPS) is 11.7. The molecule has 0 aliphatic carbocycles. The van der Waals surface area contributed by atoms with Crippen molar-refractivity contribution in [2.45, 2.75) is 32.4 Å². The van der Waals surface area contributed by atoms with E-state index in [2.05, 4.69) is 0 Å². The van der Waals surface area contributed by atoms with Crippen LogP contribution in [0, 0.1) is 17.1 Å². The maximum atomic E-state index is 13.6. The molecule has 1 aromatic carbocycles. The largest absolute Gasteiger partial charge is 0.341 e. The number of carbonyl (C=O) groups excluding carboxylic acids is 1. The molecule has 1 aromatic rings. The van der Waals surface area contributed by atoms with Crippen LogP contribution >= 0.6 is 0 Å². The van der Waals surface area contributed by atoms with E-state index in [1.165, 1.54) is 23.1 Å². The van der Waals surface area contributed by atoms with E-state index >= 15 is 0 Å². The van der Waals surface area contributed by atoms with Gasteiger partial charge in [-0.15, -0.1) is 0 Å². The van der Waals surface area contributed by atoms with Gasteiger partial charge in [-0.05, 0) is 31.5 Å². The van der Waals surface area contributed by atoms with Crippen LogP contribution in [0.15, 0.2) is 18.2 Å². The second kappa shape index (κ2) is 6.86. The van der Waals surface area contributed by atoms with Crippen molar-refractivity contribution in [3.8, 4) is 6.07 Å². The predicted octanol–water partition coefficient (Wildman–Crippen LogP) is 1.78. The third-order valence-electron chi connectivity index (χ3n) is 2.82. The first-order valence-electron chi connectivity index (χ1n) is 6.12. The van der Waals surface area contributed by atoms with Crippen LogP contribution in [-0.4, -0.2) is 23.9 Å². The molecular formula is C14H18FN3O. The predicted molar refractivity (Wildman–Crippen MR) is 70.5 cm³/mol. The van der Waals surface area contributed by atoms with Crippen LogP contribution in [0.3, 0.4) is 0 Å². The van der Waals surface area contributed by atoms with Gasteiger partial charge in [-0.3, -0.25) is 4.79 Å². The molecule has 0 heterocycles. The highest BCUT2D eigenvalue weighted by atomic mass is 19.1. The summed E-state index contributed by atoms with van der Waals surface area (Å²) >= 11 is 0. The average Bonchev–Trinajstić information content (AvgIpc) is 2.38. The summed E-state index contributed by atoms with van der Waals surface area (Å²) in [5.74, 6) is -0.495. The molecular weight excluding hydrogens is 245 g/mol. The van der Waals surface area contributed by atoms with Crippen molar-refractivity contribution in [1.82, 2.24) is 4.90 Å². The maximum Gasteiger partial charge on any atom is 0.222 e. The SMILES string of the molecule is CC(N)CCC(=O)N(C)Cc1cc(C#N)ccc1F. The minimum Gasteiger partial charge on any atom is -0.341 e. The second-order valence-electron chi connectivity index (χ2n) is 4.68. The van der Waals surface area contributed by atoms with E-state index < -0.39 is 5.82 Å². The van der Waals surface area contributed by atoms with Crippen molar-refractivity contribution in [3.05, 3.63) is 35.1 Å². The first kappa shape index (κ1) is 15.1. The van der Waals surface area contributed by atoms with Crippen LogP contribution in [0.1, 0.15) is 30.9 Å². The van der Waals surface area contributed by atoms with E-state index in [4.69, 9.17) is 11.0 Å². The summed E-state index contributed by atoms with van der Waals surface area (Å²) in [6.45, 7) is 1.99. The van der Waals surface area contributed by atoms with Gasteiger partial charge in [-0.25, -0.2) is 4.39 Å². The summed E-state index contributed by atoms with van der Waals surface area (Å²) in [6, 6.07) is 6.04. The number of nitrogens with zero attached hydrogens (tertiary/aromatic N) is 2. The molecule has 19 heavy (non-hydrogen) atoms. The first-order chi connectivity index (χ1) is 8.93. The van der Waals surface area contributed by atoms with Gasteiger partial charge in [-0.2, -0.15) is 5.26 Å². The van der Waals surface area contributed by atoms with Crippen molar-refractivity contribution >= 4 is 5.91 Å². The molecule has 102 valence electrons. The molecule has 0 aliphatic heterocycles. The molecule has 0 spiro atoms. The Labute approximate surface area is 112 Å². The van der Waals surface area contributed by atoms with Crippen LogP contribution < -0.4 is 5.73 Å². The summed E-state index contributed by atoms with van der Waals surface area (Å²) in [6.07, 6.45) is 0.942. The molecule has 5 heteroatoms. The van der Waals surface area contributed by atoms with Crippen LogP contribution in [0.25, 0.3) is 0 Å². The second-order valence-corrected chi connectivity index (χ2v) is 4.68. The fourth-order valence-electron chi connectivity index (χ4n) is 1.65. The van der Waals surface area contributed by atoms with E-state index in [-0.39, 0.29) is 18.5 Å². The summed E-state index contributed by atoms with van der Waals surface area (Å²) in [5.41, 5.74) is 6.31. The quantitative estimate of drug-likeness (QED) is 0.880. The zero-order valence-corrected chi connectivity index (χ0v) is 11.2. The highest BCUT2D eigenvalue weighted by molar-refractivity contribution is 5.75. The molecule has 0 saturated carbocycles. The molecule has 1 rings (SSSR count). The molecule has 0 fully saturated rings. The van der Waals surface area contributed by atoms with E-state index in [1.54, 1.807) is 7.05 Å². The lowest BCUT2D eigenvalue weighted by Gasteiger charge is -2.18. The molecule has 1 unspecified atom stereocenters. The summed E-state index contributed by atoms with van der Waals surface area (Å²) in [7, 11) is 1.61. The molecule has 1 atom stereocenters. The zero-order chi connectivity index (χ0) is 14.4. The Morgan fingerprint density at radius 1 is 1.58 bits per heavy atom. The Morgan fingerprint density at radius 3 is 2.84 bits per heavy atom. The average molecular weight is 263 g/mol. The Balaban J connectivity index is 2.68. The lowest BCUT2D eigenvalue weighted by atomic mass is 10.1. The highest BCUT2D eigenvalue weighted by Gasteiger charge is 2.12. The third-order valence-corrected chi connectivity index (χ3v) is 2.82. The molecule has 2 N–H and O–H groups in total. The number of nitriles is 1. The number of rotatable bonds is 5. The zero-order valence-electron chi connectivity index (χ0n) is 11.2. The smallest absolute Gasteiger partial charge is 0.222 e. The fourth-order valence-corrected chi connectivity index (χ4v) is 1.65. The molecule has 4 nitrogen and oxygen atoms in total. The van der Waals surface area contributed by atoms with Crippen molar-refractivity contribution < 1.29 is 9.18 Å². The van der Waals surface area contributed by atoms with Crippen LogP contribution in [0.4, 0.5) is 4.39 Å². The number of benzene rings is 1. The van der Waals surface area contributed by atoms with Gasteiger partial charge in [0.15, 0.2) is 0 Å². The van der Waals surface area contributed by atoms with E-state index in [0.717, 1.165) is 0 Å². The number of nitrogens with two attached hydrogens (primary N) is 1. The van der Waals surface area contributed by atoms with E-state index in [9.17, 15) is 9.18 Å². The summed E-state index contributed by atoms with van der Waals surface area (Å²) in [4.78, 5) is 13.2. The Morgan fingerprint density at radius 2 is 2.26 bits per heavy atom. The van der Waals surface area contributed by atoms with Crippen molar-refractivity contribution in [3.63, 3.8) is 0 Å². The molecule has 1 amide bonds. The molecule has 0 radical (unpaired) electrons. The van der Waals surface area contributed by atoms with Crippen LogP contribution in [0.2, 0.25) is 0 Å². The molecule has 0 bridgehead atoms. The lowest BCUT2D eigenvalue weighted by Crippen LogP contribution is -2.28. The Kier molecular flexibility index (Phi) is 5.46. The minimum atomic E-state index is -0.411. The fraction of sp³-hybridized carbons (Fsp3) is 0.429. The van der Waals surface area contributed by atoms with Gasteiger partial charge < -0.3 is 10.6 Å². The van der Waals surface area contributed by atoms with Gasteiger partial charge in [0.25, 0.3) is 0 Å². The molecule has 0 saturated heterocycles. The highest BCUT2D eigenvalue weighted by Crippen LogP contribution is 2.13. The Hall–Kier alpha value is -1.93. The van der Waals surface area contributed by atoms with Gasteiger partial charge in [-0.1, -0.05) is 0 Å². The van der Waals surface area contributed by atoms with Crippen molar-refractivity contribution in [2.75, 3.05) is 7.05 Å². The van der Waals surface area contributed by atoms with Gasteiger partial charge in [0.1, 0.15) is 5.82 Å². The first-order valence-corrected chi connectivity index (χ1v) is 6.12.